The van der Waals surface area contributed by atoms with Crippen molar-refractivity contribution in [3.05, 3.63) is 34.3 Å². The molecule has 5 nitrogen and oxygen atoms in total. The third-order valence-electron chi connectivity index (χ3n) is 2.77. The molecular weight excluding hydrogens is 310 g/mol. The molecule has 0 bridgehead atoms. The van der Waals surface area contributed by atoms with Crippen molar-refractivity contribution in [1.29, 1.82) is 0 Å². The maximum atomic E-state index is 12.0. The second-order valence-corrected chi connectivity index (χ2v) is 5.07. The Labute approximate surface area is 119 Å². The second-order valence-electron chi connectivity index (χ2n) is 4.15. The van der Waals surface area contributed by atoms with Gasteiger partial charge in [0.15, 0.2) is 0 Å². The lowest BCUT2D eigenvalue weighted by Gasteiger charge is -2.20. The maximum Gasteiger partial charge on any atom is 0.264 e. The van der Waals surface area contributed by atoms with Gasteiger partial charge in [0, 0.05) is 4.47 Å². The molecule has 19 heavy (non-hydrogen) atoms. The lowest BCUT2D eigenvalue weighted by atomic mass is 9.96. The van der Waals surface area contributed by atoms with Gasteiger partial charge in [-0.1, -0.05) is 35.0 Å². The van der Waals surface area contributed by atoms with Gasteiger partial charge < -0.3 is 10.6 Å². The van der Waals surface area contributed by atoms with Crippen molar-refractivity contribution < 1.29 is 9.59 Å². The summed E-state index contributed by atoms with van der Waals surface area (Å²) in [7, 11) is 0. The zero-order valence-electron chi connectivity index (χ0n) is 10.4. The Morgan fingerprint density at radius 3 is 2.58 bits per heavy atom. The first kappa shape index (κ1) is 13.9. The molecule has 1 unspecified atom stereocenters. The molecule has 0 aliphatic carbocycles. The van der Waals surface area contributed by atoms with Crippen LogP contribution in [-0.4, -0.2) is 30.7 Å². The van der Waals surface area contributed by atoms with E-state index in [2.05, 4.69) is 31.6 Å². The number of nitrogens with one attached hydrogen (secondary N) is 2. The van der Waals surface area contributed by atoms with Crippen molar-refractivity contribution in [2.75, 3.05) is 13.1 Å². The third-order valence-corrected chi connectivity index (χ3v) is 3.30. The molecule has 2 rings (SSSR count). The molecule has 0 fully saturated rings. The number of likely N-dealkylation sites (N-methyl/N-ethyl adjacent to an activating group) is 1. The van der Waals surface area contributed by atoms with Gasteiger partial charge in [0.05, 0.1) is 6.54 Å². The van der Waals surface area contributed by atoms with E-state index >= 15 is 0 Å². The fourth-order valence-corrected chi connectivity index (χ4v) is 2.09. The van der Waals surface area contributed by atoms with E-state index in [0.29, 0.717) is 17.9 Å². The van der Waals surface area contributed by atoms with E-state index in [4.69, 9.17) is 0 Å². The molecule has 2 N–H and O–H groups in total. The van der Waals surface area contributed by atoms with Crippen LogP contribution in [0.4, 0.5) is 0 Å². The molecular formula is C13H14BrN3O2. The second kappa shape index (κ2) is 6.08. The Bertz CT molecular complexity index is 525. The summed E-state index contributed by atoms with van der Waals surface area (Å²) in [4.78, 5) is 27.9. The molecule has 6 heteroatoms. The Morgan fingerprint density at radius 1 is 1.32 bits per heavy atom. The Morgan fingerprint density at radius 2 is 2.00 bits per heavy atom. The van der Waals surface area contributed by atoms with Gasteiger partial charge in [0.1, 0.15) is 11.8 Å². The number of hydrogen-bond donors (Lipinski definition) is 2. The molecule has 0 aromatic heterocycles. The van der Waals surface area contributed by atoms with Crippen molar-refractivity contribution >= 4 is 33.6 Å². The predicted molar refractivity (Wildman–Crippen MR) is 76.0 cm³/mol. The summed E-state index contributed by atoms with van der Waals surface area (Å²) in [5.41, 5.74) is 0.650. The summed E-state index contributed by atoms with van der Waals surface area (Å²) in [5.74, 6) is -1.21. The number of rotatable bonds is 4. The molecule has 0 saturated carbocycles. The van der Waals surface area contributed by atoms with E-state index in [1.54, 1.807) is 24.3 Å². The first-order valence-corrected chi connectivity index (χ1v) is 6.79. The molecule has 1 heterocycles. The average molecular weight is 324 g/mol. The fourth-order valence-electron chi connectivity index (χ4n) is 1.83. The van der Waals surface area contributed by atoms with Gasteiger partial charge in [-0.3, -0.25) is 9.59 Å². The van der Waals surface area contributed by atoms with Crippen LogP contribution in [0.2, 0.25) is 0 Å². The zero-order valence-corrected chi connectivity index (χ0v) is 12.0. The van der Waals surface area contributed by atoms with E-state index in [0.717, 1.165) is 11.0 Å². The van der Waals surface area contributed by atoms with Crippen molar-refractivity contribution in [2.24, 2.45) is 4.99 Å². The van der Waals surface area contributed by atoms with E-state index in [9.17, 15) is 9.59 Å². The van der Waals surface area contributed by atoms with Gasteiger partial charge in [0.2, 0.25) is 5.91 Å². The smallest absolute Gasteiger partial charge is 0.264 e. The third kappa shape index (κ3) is 3.27. The standard InChI is InChI=1S/C13H14BrN3O2/c1-2-15-7-10-16-12(18)11(13(19)17-10)8-3-5-9(14)6-4-8/h3-6,11,15H,2,7H2,1H3,(H,16,17,18,19). The number of amides is 2. The maximum absolute atomic E-state index is 12.0. The van der Waals surface area contributed by atoms with Crippen LogP contribution in [0.3, 0.4) is 0 Å². The lowest BCUT2D eigenvalue weighted by Crippen LogP contribution is -2.46. The van der Waals surface area contributed by atoms with Crippen molar-refractivity contribution in [1.82, 2.24) is 10.6 Å². The number of amidine groups is 1. The molecule has 1 aliphatic heterocycles. The fraction of sp³-hybridized carbons (Fsp3) is 0.308. The lowest BCUT2D eigenvalue weighted by molar-refractivity contribution is -0.129. The van der Waals surface area contributed by atoms with E-state index in [1.807, 2.05) is 6.92 Å². The summed E-state index contributed by atoms with van der Waals surface area (Å²) in [6, 6.07) is 7.09. The molecule has 0 spiro atoms. The number of aliphatic imine (C=N–C) groups is 1. The normalized spacial score (nSPS) is 19.1. The summed E-state index contributed by atoms with van der Waals surface area (Å²) in [6.45, 7) is 3.08. The molecule has 1 aromatic rings. The van der Waals surface area contributed by atoms with Gasteiger partial charge in [-0.15, -0.1) is 0 Å². The average Bonchev–Trinajstić information content (AvgIpc) is 2.38. The molecule has 0 saturated heterocycles. The van der Waals surface area contributed by atoms with Gasteiger partial charge >= 0.3 is 0 Å². The van der Waals surface area contributed by atoms with Crippen molar-refractivity contribution in [3.8, 4) is 0 Å². The van der Waals surface area contributed by atoms with Crippen molar-refractivity contribution in [3.63, 3.8) is 0 Å². The van der Waals surface area contributed by atoms with Crippen LogP contribution in [0.5, 0.6) is 0 Å². The van der Waals surface area contributed by atoms with Crippen LogP contribution in [0.15, 0.2) is 33.7 Å². The number of carbonyl (C=O) groups is 2. The molecule has 0 radical (unpaired) electrons. The van der Waals surface area contributed by atoms with Crippen LogP contribution in [0.1, 0.15) is 18.4 Å². The highest BCUT2D eigenvalue weighted by Crippen LogP contribution is 2.22. The van der Waals surface area contributed by atoms with Gasteiger partial charge in [-0.25, -0.2) is 0 Å². The minimum Gasteiger partial charge on any atom is -0.312 e. The van der Waals surface area contributed by atoms with Crippen LogP contribution < -0.4 is 10.6 Å². The van der Waals surface area contributed by atoms with Crippen LogP contribution in [-0.2, 0) is 9.59 Å². The summed E-state index contributed by atoms with van der Waals surface area (Å²) >= 11 is 3.32. The number of benzene rings is 1. The van der Waals surface area contributed by atoms with Crippen LogP contribution in [0, 0.1) is 0 Å². The zero-order chi connectivity index (χ0) is 13.8. The van der Waals surface area contributed by atoms with E-state index < -0.39 is 11.8 Å². The van der Waals surface area contributed by atoms with Crippen LogP contribution >= 0.6 is 15.9 Å². The molecule has 1 aliphatic rings. The summed E-state index contributed by atoms with van der Waals surface area (Å²) in [6.07, 6.45) is 0. The highest BCUT2D eigenvalue weighted by molar-refractivity contribution is 9.10. The molecule has 1 aromatic carbocycles. The van der Waals surface area contributed by atoms with E-state index in [1.165, 1.54) is 0 Å². The number of halogens is 1. The Hall–Kier alpha value is -1.53. The van der Waals surface area contributed by atoms with Gasteiger partial charge in [-0.2, -0.15) is 4.99 Å². The topological polar surface area (TPSA) is 70.6 Å². The van der Waals surface area contributed by atoms with Crippen LogP contribution in [0.25, 0.3) is 0 Å². The first-order chi connectivity index (χ1) is 9.11. The predicted octanol–water partition coefficient (Wildman–Crippen LogP) is 1.20. The molecule has 2 amide bonds. The first-order valence-electron chi connectivity index (χ1n) is 6.00. The molecule has 1 atom stereocenters. The summed E-state index contributed by atoms with van der Waals surface area (Å²) in [5, 5.41) is 5.68. The largest absolute Gasteiger partial charge is 0.312 e. The minimum absolute atomic E-state index is 0.324. The summed E-state index contributed by atoms with van der Waals surface area (Å²) < 4.78 is 0.899. The van der Waals surface area contributed by atoms with E-state index in [-0.39, 0.29) is 5.91 Å². The monoisotopic (exact) mass is 323 g/mol. The highest BCUT2D eigenvalue weighted by atomic mass is 79.9. The Kier molecular flexibility index (Phi) is 4.44. The quantitative estimate of drug-likeness (QED) is 0.818. The Balaban J connectivity index is 2.20. The number of carbonyl (C=O) groups excluding carboxylic acids is 2. The number of hydrogen-bond acceptors (Lipinski definition) is 3. The van der Waals surface area contributed by atoms with Gasteiger partial charge in [0.25, 0.3) is 5.91 Å². The number of nitrogens with zero attached hydrogens (tertiary/aromatic N) is 1. The SMILES string of the molecule is CCNCC1=NC(=O)C(c2ccc(Br)cc2)C(=O)N1. The minimum atomic E-state index is -0.849. The van der Waals surface area contributed by atoms with Crippen molar-refractivity contribution in [2.45, 2.75) is 12.8 Å². The molecule has 100 valence electrons. The van der Waals surface area contributed by atoms with Gasteiger partial charge in [-0.05, 0) is 24.2 Å². The highest BCUT2D eigenvalue weighted by Gasteiger charge is 2.32.